The zero-order valence-electron chi connectivity index (χ0n) is 10.2. The molecule has 0 bridgehead atoms. The summed E-state index contributed by atoms with van der Waals surface area (Å²) in [5.74, 6) is 0.470. The van der Waals surface area contributed by atoms with Crippen LogP contribution in [0.3, 0.4) is 0 Å². The average molecular weight is 239 g/mol. The fourth-order valence-electron chi connectivity index (χ4n) is 1.48. The number of aliphatic hydroxyl groups excluding tert-OH is 1. The van der Waals surface area contributed by atoms with E-state index >= 15 is 0 Å². The molecule has 17 heavy (non-hydrogen) atoms. The van der Waals surface area contributed by atoms with E-state index in [1.165, 1.54) is 0 Å². The highest BCUT2D eigenvalue weighted by atomic mass is 16.4. The van der Waals surface area contributed by atoms with Gasteiger partial charge in [0.1, 0.15) is 0 Å². The van der Waals surface area contributed by atoms with E-state index < -0.39 is 0 Å². The van der Waals surface area contributed by atoms with Crippen LogP contribution in [0.4, 0.5) is 5.82 Å². The van der Waals surface area contributed by atoms with Gasteiger partial charge in [0.15, 0.2) is 11.7 Å². The van der Waals surface area contributed by atoms with Gasteiger partial charge in [0.25, 0.3) is 0 Å². The maximum Gasteiger partial charge on any atom is 0.174 e. The van der Waals surface area contributed by atoms with Crippen LogP contribution in [0, 0.1) is 13.8 Å². The van der Waals surface area contributed by atoms with E-state index in [0.29, 0.717) is 23.6 Å². The Morgan fingerprint density at radius 1 is 1.41 bits per heavy atom. The second-order valence-corrected chi connectivity index (χ2v) is 3.74. The quantitative estimate of drug-likeness (QED) is 0.286. The highest BCUT2D eigenvalue weighted by Gasteiger charge is 2.17. The molecule has 1 heterocycles. The largest absolute Gasteiger partial charge is 0.409 e. The van der Waals surface area contributed by atoms with E-state index in [9.17, 15) is 0 Å². The molecule has 1 aromatic rings. The summed E-state index contributed by atoms with van der Waals surface area (Å²) in [5.41, 5.74) is 7.70. The number of amidine groups is 1. The molecular formula is C10H17N5O2. The second-order valence-electron chi connectivity index (χ2n) is 3.74. The summed E-state index contributed by atoms with van der Waals surface area (Å²) in [5, 5.41) is 28.7. The number of hydrogen-bond acceptors (Lipinski definition) is 6. The molecule has 7 nitrogen and oxygen atoms in total. The van der Waals surface area contributed by atoms with Gasteiger partial charge in [0, 0.05) is 13.6 Å². The Labute approximate surface area is 99.6 Å². The molecule has 0 spiro atoms. The predicted octanol–water partition coefficient (Wildman–Crippen LogP) is -0.384. The van der Waals surface area contributed by atoms with Gasteiger partial charge in [-0.05, 0) is 19.4 Å². The number of aromatic nitrogens is 2. The van der Waals surface area contributed by atoms with Gasteiger partial charge < -0.3 is 20.9 Å². The molecule has 0 unspecified atom stereocenters. The van der Waals surface area contributed by atoms with Crippen molar-refractivity contribution >= 4 is 11.7 Å². The standard InChI is InChI=1S/C10H17N5O2/c1-6-7(2)12-13-10(15(3)4-5-16)8(6)9(11)14-17/h16-17H,4-5H2,1-3H3,(H2,11,14). The number of anilines is 1. The molecule has 0 amide bonds. The first-order chi connectivity index (χ1) is 8.02. The zero-order valence-corrected chi connectivity index (χ0v) is 10.2. The van der Waals surface area contributed by atoms with Gasteiger partial charge in [0.2, 0.25) is 0 Å². The van der Waals surface area contributed by atoms with Crippen molar-refractivity contribution in [3.63, 3.8) is 0 Å². The molecule has 94 valence electrons. The molecule has 0 fully saturated rings. The van der Waals surface area contributed by atoms with Crippen LogP contribution < -0.4 is 10.6 Å². The van der Waals surface area contributed by atoms with Crippen molar-refractivity contribution in [3.05, 3.63) is 16.8 Å². The Balaban J connectivity index is 3.35. The summed E-state index contributed by atoms with van der Waals surface area (Å²) in [7, 11) is 1.75. The third-order valence-corrected chi connectivity index (χ3v) is 2.60. The molecule has 0 aliphatic rings. The molecule has 1 aromatic heterocycles. The van der Waals surface area contributed by atoms with Gasteiger partial charge in [-0.15, -0.1) is 5.10 Å². The summed E-state index contributed by atoms with van der Waals surface area (Å²) in [6.07, 6.45) is 0. The van der Waals surface area contributed by atoms with Crippen LogP contribution in [-0.2, 0) is 0 Å². The number of nitrogens with zero attached hydrogens (tertiary/aromatic N) is 4. The molecule has 4 N–H and O–H groups in total. The summed E-state index contributed by atoms with van der Waals surface area (Å²) in [4.78, 5) is 1.70. The Bertz CT molecular complexity index is 433. The van der Waals surface area contributed by atoms with Gasteiger partial charge in [-0.25, -0.2) is 0 Å². The topological polar surface area (TPSA) is 108 Å². The highest BCUT2D eigenvalue weighted by Crippen LogP contribution is 2.20. The fraction of sp³-hybridized carbons (Fsp3) is 0.500. The monoisotopic (exact) mass is 239 g/mol. The van der Waals surface area contributed by atoms with Gasteiger partial charge in [-0.2, -0.15) is 5.10 Å². The molecule has 0 aliphatic heterocycles. The van der Waals surface area contributed by atoms with E-state index in [4.69, 9.17) is 16.0 Å². The minimum atomic E-state index is -0.0136. The third-order valence-electron chi connectivity index (χ3n) is 2.60. The fourth-order valence-corrected chi connectivity index (χ4v) is 1.48. The summed E-state index contributed by atoms with van der Waals surface area (Å²) in [6.45, 7) is 4.00. The van der Waals surface area contributed by atoms with Crippen LogP contribution in [0.1, 0.15) is 16.8 Å². The van der Waals surface area contributed by atoms with Crippen molar-refractivity contribution in [3.8, 4) is 0 Å². The lowest BCUT2D eigenvalue weighted by atomic mass is 10.1. The number of aliphatic hydroxyl groups is 1. The molecular weight excluding hydrogens is 222 g/mol. The molecule has 0 radical (unpaired) electrons. The predicted molar refractivity (Wildman–Crippen MR) is 64.4 cm³/mol. The molecule has 7 heteroatoms. The van der Waals surface area contributed by atoms with E-state index in [0.717, 1.165) is 5.56 Å². The molecule has 0 saturated carbocycles. The Morgan fingerprint density at radius 2 is 2.06 bits per heavy atom. The first-order valence-corrected chi connectivity index (χ1v) is 5.16. The van der Waals surface area contributed by atoms with Crippen LogP contribution in [0.2, 0.25) is 0 Å². The Morgan fingerprint density at radius 3 is 2.59 bits per heavy atom. The highest BCUT2D eigenvalue weighted by molar-refractivity contribution is 6.02. The maximum atomic E-state index is 8.91. The van der Waals surface area contributed by atoms with Crippen molar-refractivity contribution in [1.82, 2.24) is 10.2 Å². The van der Waals surface area contributed by atoms with Crippen molar-refractivity contribution in [2.45, 2.75) is 13.8 Å². The molecule has 0 aromatic carbocycles. The lowest BCUT2D eigenvalue weighted by Gasteiger charge is -2.20. The lowest BCUT2D eigenvalue weighted by molar-refractivity contribution is 0.303. The Hall–Kier alpha value is -1.89. The van der Waals surface area contributed by atoms with E-state index in [1.807, 2.05) is 6.92 Å². The van der Waals surface area contributed by atoms with Crippen molar-refractivity contribution in [2.75, 3.05) is 25.1 Å². The lowest BCUT2D eigenvalue weighted by Crippen LogP contribution is -2.28. The van der Waals surface area contributed by atoms with Crippen LogP contribution in [0.25, 0.3) is 0 Å². The van der Waals surface area contributed by atoms with E-state index in [2.05, 4.69) is 15.4 Å². The summed E-state index contributed by atoms with van der Waals surface area (Å²) >= 11 is 0. The number of rotatable bonds is 4. The second kappa shape index (κ2) is 5.44. The molecule has 0 atom stereocenters. The smallest absolute Gasteiger partial charge is 0.174 e. The number of nitrogens with two attached hydrogens (primary N) is 1. The minimum absolute atomic E-state index is 0.0132. The minimum Gasteiger partial charge on any atom is -0.409 e. The van der Waals surface area contributed by atoms with E-state index in [1.54, 1.807) is 18.9 Å². The van der Waals surface area contributed by atoms with Crippen LogP contribution in [-0.4, -0.2) is 46.5 Å². The number of likely N-dealkylation sites (N-methyl/N-ethyl adjacent to an activating group) is 1. The van der Waals surface area contributed by atoms with Gasteiger partial charge in [-0.1, -0.05) is 5.16 Å². The first-order valence-electron chi connectivity index (χ1n) is 5.16. The average Bonchev–Trinajstić information content (AvgIpc) is 2.31. The first kappa shape index (κ1) is 13.2. The summed E-state index contributed by atoms with van der Waals surface area (Å²) < 4.78 is 0. The number of hydrogen-bond donors (Lipinski definition) is 3. The van der Waals surface area contributed by atoms with Gasteiger partial charge >= 0.3 is 0 Å². The normalized spacial score (nSPS) is 11.6. The van der Waals surface area contributed by atoms with Crippen molar-refractivity contribution in [2.24, 2.45) is 10.9 Å². The zero-order chi connectivity index (χ0) is 13.0. The SMILES string of the molecule is Cc1nnc(N(C)CCO)c(/C(N)=N/O)c1C. The van der Waals surface area contributed by atoms with Crippen molar-refractivity contribution < 1.29 is 10.3 Å². The van der Waals surface area contributed by atoms with Crippen LogP contribution in [0.5, 0.6) is 0 Å². The third kappa shape index (κ3) is 2.62. The number of aryl methyl sites for hydroxylation is 1. The van der Waals surface area contributed by atoms with Gasteiger partial charge in [0.05, 0.1) is 17.9 Å². The molecule has 0 aliphatic carbocycles. The maximum absolute atomic E-state index is 8.91. The van der Waals surface area contributed by atoms with Gasteiger partial charge in [-0.3, -0.25) is 0 Å². The molecule has 0 saturated heterocycles. The molecule has 1 rings (SSSR count). The van der Waals surface area contributed by atoms with Crippen molar-refractivity contribution in [1.29, 1.82) is 0 Å². The van der Waals surface area contributed by atoms with E-state index in [-0.39, 0.29) is 12.4 Å². The van der Waals surface area contributed by atoms with Crippen LogP contribution in [0.15, 0.2) is 5.16 Å². The van der Waals surface area contributed by atoms with Crippen LogP contribution >= 0.6 is 0 Å². The summed E-state index contributed by atoms with van der Waals surface area (Å²) in [6, 6.07) is 0. The number of oxime groups is 1. The Kier molecular flexibility index (Phi) is 4.22.